The van der Waals surface area contributed by atoms with Crippen LogP contribution in [0.5, 0.6) is 0 Å². The fourth-order valence-electron chi connectivity index (χ4n) is 0.827. The lowest BCUT2D eigenvalue weighted by atomic mass is 10.6. The van der Waals surface area contributed by atoms with Gasteiger partial charge in [-0.1, -0.05) is 27.7 Å². The molecule has 0 aliphatic rings. The SMILES string of the molecule is CCN(CC)O[Si]ON(CC)CC. The molecule has 0 heterocycles. The molecule has 0 saturated carbocycles. The minimum atomic E-state index is 0.0720. The first-order valence-corrected chi connectivity index (χ1v) is 5.68. The predicted molar refractivity (Wildman–Crippen MR) is 53.8 cm³/mol. The van der Waals surface area contributed by atoms with Gasteiger partial charge in [-0.15, -0.1) is 0 Å². The van der Waals surface area contributed by atoms with E-state index in [2.05, 4.69) is 27.7 Å². The second-order valence-corrected chi connectivity index (χ2v) is 3.03. The Morgan fingerprint density at radius 1 is 0.769 bits per heavy atom. The van der Waals surface area contributed by atoms with E-state index in [0.29, 0.717) is 0 Å². The zero-order valence-electron chi connectivity index (χ0n) is 9.04. The van der Waals surface area contributed by atoms with Crippen LogP contribution in [0.3, 0.4) is 0 Å². The molecule has 0 aromatic carbocycles. The molecule has 13 heavy (non-hydrogen) atoms. The first kappa shape index (κ1) is 13.1. The second-order valence-electron chi connectivity index (χ2n) is 2.49. The zero-order chi connectivity index (χ0) is 10.1. The van der Waals surface area contributed by atoms with Gasteiger partial charge in [0.15, 0.2) is 0 Å². The predicted octanol–water partition coefficient (Wildman–Crippen LogP) is 1.07. The molecule has 0 unspecified atom stereocenters. The third-order valence-corrected chi connectivity index (χ3v) is 2.41. The van der Waals surface area contributed by atoms with E-state index in [1.54, 1.807) is 0 Å². The molecule has 0 spiro atoms. The summed E-state index contributed by atoms with van der Waals surface area (Å²) in [4.78, 5) is 0. The maximum Gasteiger partial charge on any atom is 0.471 e. The number of nitrogens with zero attached hydrogens (tertiary/aromatic N) is 2. The molecule has 0 fully saturated rings. The lowest BCUT2D eigenvalue weighted by molar-refractivity contribution is -0.119. The molecule has 0 saturated heterocycles. The van der Waals surface area contributed by atoms with Crippen molar-refractivity contribution in [3.63, 3.8) is 0 Å². The molecule has 0 atom stereocenters. The van der Waals surface area contributed by atoms with Gasteiger partial charge in [-0.3, -0.25) is 0 Å². The Morgan fingerprint density at radius 3 is 1.31 bits per heavy atom. The Hall–Kier alpha value is 0.0569. The molecule has 78 valence electrons. The Labute approximate surface area is 83.8 Å². The van der Waals surface area contributed by atoms with E-state index < -0.39 is 0 Å². The van der Waals surface area contributed by atoms with E-state index in [1.165, 1.54) is 0 Å². The average Bonchev–Trinajstić information content (AvgIpc) is 2.19. The summed E-state index contributed by atoms with van der Waals surface area (Å²) < 4.78 is 10.7. The minimum Gasteiger partial charge on any atom is -0.304 e. The van der Waals surface area contributed by atoms with Crippen molar-refractivity contribution >= 4 is 10.0 Å². The van der Waals surface area contributed by atoms with Crippen LogP contribution in [0, 0.1) is 0 Å². The largest absolute Gasteiger partial charge is 0.471 e. The Balaban J connectivity index is 3.41. The van der Waals surface area contributed by atoms with Crippen LogP contribution in [0.15, 0.2) is 0 Å². The van der Waals surface area contributed by atoms with Crippen molar-refractivity contribution in [2.75, 3.05) is 26.2 Å². The number of hydrogen-bond acceptors (Lipinski definition) is 4. The summed E-state index contributed by atoms with van der Waals surface area (Å²) in [6, 6.07) is 0. The maximum absolute atomic E-state index is 5.37. The highest BCUT2D eigenvalue weighted by Crippen LogP contribution is 1.91. The molecule has 0 amide bonds. The molecule has 0 aromatic heterocycles. The molecular formula is C8H20N2O2Si. The summed E-state index contributed by atoms with van der Waals surface area (Å²) in [6.45, 7) is 11.8. The van der Waals surface area contributed by atoms with Crippen LogP contribution >= 0.6 is 0 Å². The Bertz CT molecular complexity index is 96.3. The lowest BCUT2D eigenvalue weighted by Crippen LogP contribution is -2.31. The summed E-state index contributed by atoms with van der Waals surface area (Å²) in [5.41, 5.74) is 0. The van der Waals surface area contributed by atoms with E-state index in [4.69, 9.17) is 9.05 Å². The third-order valence-electron chi connectivity index (χ3n) is 1.74. The van der Waals surface area contributed by atoms with Gasteiger partial charge >= 0.3 is 10.0 Å². The van der Waals surface area contributed by atoms with Crippen molar-refractivity contribution in [1.82, 2.24) is 10.1 Å². The molecule has 4 nitrogen and oxygen atoms in total. The fraction of sp³-hybridized carbons (Fsp3) is 1.00. The summed E-state index contributed by atoms with van der Waals surface area (Å²) in [6.07, 6.45) is 0. The first-order chi connectivity index (χ1) is 6.28. The van der Waals surface area contributed by atoms with Crippen molar-refractivity contribution in [2.45, 2.75) is 27.7 Å². The van der Waals surface area contributed by atoms with Crippen LogP contribution in [-0.4, -0.2) is 46.3 Å². The highest BCUT2D eigenvalue weighted by atomic mass is 28.3. The van der Waals surface area contributed by atoms with E-state index in [-0.39, 0.29) is 10.0 Å². The van der Waals surface area contributed by atoms with Gasteiger partial charge in [0.25, 0.3) is 0 Å². The molecule has 0 bridgehead atoms. The molecule has 5 heteroatoms. The topological polar surface area (TPSA) is 24.9 Å². The Morgan fingerprint density at radius 2 is 1.08 bits per heavy atom. The van der Waals surface area contributed by atoms with E-state index in [1.807, 2.05) is 10.1 Å². The first-order valence-electron chi connectivity index (χ1n) is 4.87. The quantitative estimate of drug-likeness (QED) is 0.436. The second kappa shape index (κ2) is 8.65. The van der Waals surface area contributed by atoms with E-state index >= 15 is 0 Å². The van der Waals surface area contributed by atoms with Crippen molar-refractivity contribution in [3.05, 3.63) is 0 Å². The van der Waals surface area contributed by atoms with Crippen molar-refractivity contribution in [3.8, 4) is 0 Å². The zero-order valence-corrected chi connectivity index (χ0v) is 10.0. The van der Waals surface area contributed by atoms with Crippen LogP contribution in [0.2, 0.25) is 0 Å². The smallest absolute Gasteiger partial charge is 0.304 e. The van der Waals surface area contributed by atoms with Gasteiger partial charge in [0.1, 0.15) is 0 Å². The average molecular weight is 204 g/mol. The monoisotopic (exact) mass is 204 g/mol. The van der Waals surface area contributed by atoms with Crippen molar-refractivity contribution < 1.29 is 9.05 Å². The fourth-order valence-corrected chi connectivity index (χ4v) is 1.59. The number of hydrogen-bond donors (Lipinski definition) is 0. The third kappa shape index (κ3) is 6.17. The highest BCUT2D eigenvalue weighted by molar-refractivity contribution is 6.17. The van der Waals surface area contributed by atoms with Gasteiger partial charge in [0.2, 0.25) is 0 Å². The van der Waals surface area contributed by atoms with Crippen LogP contribution in [0.25, 0.3) is 0 Å². The summed E-state index contributed by atoms with van der Waals surface area (Å²) in [7, 11) is 0.0720. The minimum absolute atomic E-state index is 0.0720. The summed E-state index contributed by atoms with van der Waals surface area (Å²) in [5.74, 6) is 0. The van der Waals surface area contributed by atoms with Gasteiger partial charge in [-0.2, -0.15) is 10.1 Å². The molecule has 0 N–H and O–H groups in total. The summed E-state index contributed by atoms with van der Waals surface area (Å²) in [5, 5.41) is 3.75. The molecule has 0 rings (SSSR count). The molecule has 0 aromatic rings. The molecular weight excluding hydrogens is 184 g/mol. The normalized spacial score (nSPS) is 11.5. The van der Waals surface area contributed by atoms with Gasteiger partial charge in [-0.05, 0) is 0 Å². The number of rotatable bonds is 8. The number of hydroxylamine groups is 4. The highest BCUT2D eigenvalue weighted by Gasteiger charge is 2.05. The van der Waals surface area contributed by atoms with Gasteiger partial charge < -0.3 is 9.05 Å². The van der Waals surface area contributed by atoms with Gasteiger partial charge in [0, 0.05) is 26.2 Å². The van der Waals surface area contributed by atoms with Crippen molar-refractivity contribution in [2.24, 2.45) is 0 Å². The summed E-state index contributed by atoms with van der Waals surface area (Å²) >= 11 is 0. The molecule has 0 aliphatic carbocycles. The van der Waals surface area contributed by atoms with Gasteiger partial charge in [0.05, 0.1) is 0 Å². The van der Waals surface area contributed by atoms with Gasteiger partial charge in [-0.25, -0.2) is 0 Å². The Kier molecular flexibility index (Phi) is 8.68. The maximum atomic E-state index is 5.37. The molecule has 0 aliphatic heterocycles. The van der Waals surface area contributed by atoms with Crippen molar-refractivity contribution in [1.29, 1.82) is 0 Å². The lowest BCUT2D eigenvalue weighted by Gasteiger charge is -2.20. The molecule has 2 radical (unpaired) electrons. The van der Waals surface area contributed by atoms with E-state index in [0.717, 1.165) is 26.2 Å². The standard InChI is InChI=1S/C8H20N2O2Si/c1-5-9(6-2)11-13-12-10(7-3)8-4/h5-8H2,1-4H3. The van der Waals surface area contributed by atoms with E-state index in [9.17, 15) is 0 Å². The van der Waals surface area contributed by atoms with Crippen LogP contribution in [-0.2, 0) is 9.05 Å². The van der Waals surface area contributed by atoms with Crippen LogP contribution in [0.1, 0.15) is 27.7 Å². The van der Waals surface area contributed by atoms with Crippen LogP contribution < -0.4 is 0 Å². The van der Waals surface area contributed by atoms with Crippen LogP contribution in [0.4, 0.5) is 0 Å².